The van der Waals surface area contributed by atoms with Crippen molar-refractivity contribution in [1.82, 2.24) is 0 Å². The van der Waals surface area contributed by atoms with E-state index in [1.165, 1.54) is 103 Å². The number of terminal acetylenes is 2. The van der Waals surface area contributed by atoms with Gasteiger partial charge in [-0.15, -0.1) is 12.8 Å². The van der Waals surface area contributed by atoms with Crippen LogP contribution < -0.4 is 0 Å². The summed E-state index contributed by atoms with van der Waals surface area (Å²) < 4.78 is 0. The Hall–Kier alpha value is -1.70. The molecule has 0 aliphatic heterocycles. The van der Waals surface area contributed by atoms with Crippen LogP contribution in [-0.2, 0) is 0 Å². The number of unbranched alkanes of at least 4 members (excludes halogenated alkanes) is 16. The normalized spacial score (nSPS) is 12.6. The fourth-order valence-electron chi connectivity index (χ4n) is 3.73. The molecule has 0 aromatic heterocycles. The average molecular weight is 425 g/mol. The summed E-state index contributed by atoms with van der Waals surface area (Å²) in [7, 11) is 0. The van der Waals surface area contributed by atoms with E-state index in [1.54, 1.807) is 12.2 Å². The second-order valence-corrected chi connectivity index (χ2v) is 8.59. The number of rotatable bonds is 22. The summed E-state index contributed by atoms with van der Waals surface area (Å²) in [6, 6.07) is 0. The first-order chi connectivity index (χ1) is 15.3. The van der Waals surface area contributed by atoms with Gasteiger partial charge in [-0.3, -0.25) is 0 Å². The van der Waals surface area contributed by atoms with E-state index in [1.807, 2.05) is 6.08 Å². The number of aliphatic hydroxyl groups excluding tert-OH is 1. The molecule has 0 aromatic carbocycles. The summed E-state index contributed by atoms with van der Waals surface area (Å²) >= 11 is 0. The van der Waals surface area contributed by atoms with Crippen LogP contribution in [-0.4, -0.2) is 11.2 Å². The van der Waals surface area contributed by atoms with Crippen molar-refractivity contribution in [2.45, 2.75) is 128 Å². The Bertz CT molecular complexity index is 526. The lowest BCUT2D eigenvalue weighted by Gasteiger charge is -2.05. The predicted octanol–water partition coefficient (Wildman–Crippen LogP) is 8.69. The summed E-state index contributed by atoms with van der Waals surface area (Å²) in [4.78, 5) is 0. The van der Waals surface area contributed by atoms with Gasteiger partial charge in [-0.1, -0.05) is 107 Å². The van der Waals surface area contributed by atoms with Gasteiger partial charge in [0.05, 0.1) is 6.10 Å². The van der Waals surface area contributed by atoms with Crippen LogP contribution in [0, 0.1) is 24.7 Å². The van der Waals surface area contributed by atoms with Gasteiger partial charge < -0.3 is 5.11 Å². The molecule has 1 nitrogen and oxygen atoms in total. The smallest absolute Gasteiger partial charge is 0.0730 e. The maximum Gasteiger partial charge on any atom is 0.0730 e. The zero-order valence-corrected chi connectivity index (χ0v) is 20.1. The molecule has 1 heteroatoms. The van der Waals surface area contributed by atoms with Crippen molar-refractivity contribution in [3.05, 3.63) is 36.5 Å². The Morgan fingerprint density at radius 2 is 0.903 bits per heavy atom. The molecule has 0 aliphatic carbocycles. The van der Waals surface area contributed by atoms with E-state index in [2.05, 4.69) is 30.1 Å². The Morgan fingerprint density at radius 1 is 0.516 bits per heavy atom. The van der Waals surface area contributed by atoms with E-state index < -0.39 is 0 Å². The van der Waals surface area contributed by atoms with Crippen LogP contribution in [0.2, 0.25) is 0 Å². The fourth-order valence-corrected chi connectivity index (χ4v) is 3.73. The van der Waals surface area contributed by atoms with Crippen molar-refractivity contribution in [1.29, 1.82) is 0 Å². The highest BCUT2D eigenvalue weighted by Crippen LogP contribution is 2.13. The SMILES string of the molecule is C#C/C=C/CCCCCCCCCC/C=C/CCCCCCCCC[C@@H](O)/C=C/C#C. The quantitative estimate of drug-likeness (QED) is 0.105. The molecule has 0 saturated carbocycles. The highest BCUT2D eigenvalue weighted by molar-refractivity contribution is 5.10. The van der Waals surface area contributed by atoms with Crippen LogP contribution in [0.3, 0.4) is 0 Å². The standard InChI is InChI=1S/C30H48O/c1-3-5-7-8-9-10-11-12-13-14-15-16-17-18-19-20-21-22-23-24-25-26-27-29-30(31)28-6-4-2/h1-2,5-7,18-19,28,30-31H,8-17,20-27,29H2/b7-5+,19-18+,28-6+/t30-/m0/s1. The molecule has 0 saturated heterocycles. The molecule has 0 amide bonds. The molecular weight excluding hydrogens is 376 g/mol. The summed E-state index contributed by atoms with van der Waals surface area (Å²) in [6.45, 7) is 0. The topological polar surface area (TPSA) is 20.2 Å². The molecule has 174 valence electrons. The molecule has 0 radical (unpaired) electrons. The van der Waals surface area contributed by atoms with Gasteiger partial charge in [-0.05, 0) is 63.2 Å². The van der Waals surface area contributed by atoms with E-state index in [9.17, 15) is 5.11 Å². The van der Waals surface area contributed by atoms with Gasteiger partial charge in [0.2, 0.25) is 0 Å². The van der Waals surface area contributed by atoms with Gasteiger partial charge in [0.25, 0.3) is 0 Å². The lowest BCUT2D eigenvalue weighted by molar-refractivity contribution is 0.208. The van der Waals surface area contributed by atoms with E-state index >= 15 is 0 Å². The third-order valence-corrected chi connectivity index (χ3v) is 5.66. The highest BCUT2D eigenvalue weighted by atomic mass is 16.3. The summed E-state index contributed by atoms with van der Waals surface area (Å²) in [5.74, 6) is 4.96. The molecule has 0 heterocycles. The summed E-state index contributed by atoms with van der Waals surface area (Å²) in [5.41, 5.74) is 0. The Labute approximate surface area is 194 Å². The van der Waals surface area contributed by atoms with Crippen LogP contribution in [0.5, 0.6) is 0 Å². The summed E-state index contributed by atoms with van der Waals surface area (Å²) in [5, 5.41) is 9.66. The van der Waals surface area contributed by atoms with Crippen LogP contribution in [0.1, 0.15) is 122 Å². The van der Waals surface area contributed by atoms with Gasteiger partial charge >= 0.3 is 0 Å². The van der Waals surface area contributed by atoms with E-state index in [0.717, 1.165) is 19.3 Å². The van der Waals surface area contributed by atoms with Crippen molar-refractivity contribution >= 4 is 0 Å². The second-order valence-electron chi connectivity index (χ2n) is 8.59. The van der Waals surface area contributed by atoms with Crippen molar-refractivity contribution in [2.75, 3.05) is 0 Å². The van der Waals surface area contributed by atoms with Crippen molar-refractivity contribution < 1.29 is 5.11 Å². The molecule has 1 N–H and O–H groups in total. The first kappa shape index (κ1) is 29.3. The Balaban J connectivity index is 3.18. The van der Waals surface area contributed by atoms with Crippen LogP contribution in [0.4, 0.5) is 0 Å². The number of hydrogen-bond acceptors (Lipinski definition) is 1. The molecule has 0 aromatic rings. The lowest BCUT2D eigenvalue weighted by Crippen LogP contribution is -2.01. The van der Waals surface area contributed by atoms with Crippen molar-refractivity contribution in [3.63, 3.8) is 0 Å². The Kier molecular flexibility index (Phi) is 24.9. The molecule has 0 bridgehead atoms. The molecule has 1 atom stereocenters. The van der Waals surface area contributed by atoms with Gasteiger partial charge in [0.1, 0.15) is 0 Å². The minimum Gasteiger partial charge on any atom is -0.389 e. The van der Waals surface area contributed by atoms with Gasteiger partial charge in [-0.2, -0.15) is 0 Å². The minimum atomic E-state index is -0.370. The minimum absolute atomic E-state index is 0.370. The van der Waals surface area contributed by atoms with Crippen molar-refractivity contribution in [3.8, 4) is 24.7 Å². The van der Waals surface area contributed by atoms with Gasteiger partial charge in [0.15, 0.2) is 0 Å². The highest BCUT2D eigenvalue weighted by Gasteiger charge is 1.98. The largest absolute Gasteiger partial charge is 0.389 e. The van der Waals surface area contributed by atoms with E-state index in [0.29, 0.717) is 0 Å². The molecular formula is C30H48O. The molecule has 31 heavy (non-hydrogen) atoms. The molecule has 0 unspecified atom stereocenters. The van der Waals surface area contributed by atoms with Gasteiger partial charge in [-0.25, -0.2) is 0 Å². The van der Waals surface area contributed by atoms with Crippen LogP contribution >= 0.6 is 0 Å². The number of hydrogen-bond donors (Lipinski definition) is 1. The third-order valence-electron chi connectivity index (χ3n) is 5.66. The summed E-state index contributed by atoms with van der Waals surface area (Å²) in [6.07, 6.45) is 46.2. The first-order valence-corrected chi connectivity index (χ1v) is 12.9. The maximum atomic E-state index is 9.66. The van der Waals surface area contributed by atoms with E-state index in [4.69, 9.17) is 12.8 Å². The Morgan fingerprint density at radius 3 is 1.35 bits per heavy atom. The fraction of sp³-hybridized carbons (Fsp3) is 0.667. The van der Waals surface area contributed by atoms with Gasteiger partial charge in [0, 0.05) is 0 Å². The van der Waals surface area contributed by atoms with Crippen LogP contribution in [0.25, 0.3) is 0 Å². The first-order valence-electron chi connectivity index (χ1n) is 12.9. The average Bonchev–Trinajstić information content (AvgIpc) is 2.78. The van der Waals surface area contributed by atoms with Crippen LogP contribution in [0.15, 0.2) is 36.5 Å². The number of aliphatic hydroxyl groups is 1. The lowest BCUT2D eigenvalue weighted by atomic mass is 10.0. The zero-order chi connectivity index (χ0) is 22.7. The predicted molar refractivity (Wildman–Crippen MR) is 139 cm³/mol. The molecule has 0 rings (SSSR count). The molecule has 0 spiro atoms. The number of allylic oxidation sites excluding steroid dienone is 5. The maximum absolute atomic E-state index is 9.66. The molecule has 0 aliphatic rings. The van der Waals surface area contributed by atoms with E-state index in [-0.39, 0.29) is 6.10 Å². The monoisotopic (exact) mass is 424 g/mol. The molecule has 0 fully saturated rings. The van der Waals surface area contributed by atoms with Crippen molar-refractivity contribution in [2.24, 2.45) is 0 Å². The second kappa shape index (κ2) is 26.3. The zero-order valence-electron chi connectivity index (χ0n) is 20.1. The third kappa shape index (κ3) is 26.3.